The lowest BCUT2D eigenvalue weighted by molar-refractivity contribution is -0.908. The van der Waals surface area contributed by atoms with Crippen LogP contribution in [0.4, 0.5) is 0 Å². The van der Waals surface area contributed by atoms with E-state index in [1.54, 1.807) is 0 Å². The third kappa shape index (κ3) is 5.06. The summed E-state index contributed by atoms with van der Waals surface area (Å²) < 4.78 is 11.3. The first kappa shape index (κ1) is 20.9. The van der Waals surface area contributed by atoms with E-state index in [-0.39, 0.29) is 18.0 Å². The highest BCUT2D eigenvalue weighted by Crippen LogP contribution is 2.30. The number of rotatable bonds is 7. The minimum atomic E-state index is -0.219. The lowest BCUT2D eigenvalue weighted by Gasteiger charge is -2.26. The fourth-order valence-electron chi connectivity index (χ4n) is 3.81. The zero-order chi connectivity index (χ0) is 21.6. The summed E-state index contributed by atoms with van der Waals surface area (Å²) in [6.45, 7) is 3.83. The molecule has 0 fully saturated rings. The number of amides is 1. The van der Waals surface area contributed by atoms with Gasteiger partial charge in [0.1, 0.15) is 19.8 Å². The first-order chi connectivity index (χ1) is 15.1. The predicted molar refractivity (Wildman–Crippen MR) is 120 cm³/mol. The van der Waals surface area contributed by atoms with Crippen LogP contribution in [-0.4, -0.2) is 32.2 Å². The van der Waals surface area contributed by atoms with Gasteiger partial charge in [0.25, 0.3) is 5.91 Å². The number of benzene rings is 3. The maximum atomic E-state index is 13.2. The number of likely N-dealkylation sites (N-methyl/N-ethyl adjacent to an activating group) is 1. The predicted octanol–water partition coefficient (Wildman–Crippen LogP) is 2.77. The summed E-state index contributed by atoms with van der Waals surface area (Å²) in [4.78, 5) is 14.3. The third-order valence-corrected chi connectivity index (χ3v) is 5.77. The normalized spacial score (nSPS) is 14.7. The van der Waals surface area contributed by atoms with Crippen LogP contribution in [0.2, 0.25) is 0 Å². The second-order valence-electron chi connectivity index (χ2n) is 7.99. The van der Waals surface area contributed by atoms with Crippen molar-refractivity contribution in [2.45, 2.75) is 25.6 Å². The molecule has 1 unspecified atom stereocenters. The van der Waals surface area contributed by atoms with Gasteiger partial charge in [-0.2, -0.15) is 0 Å². The Balaban J connectivity index is 1.46. The summed E-state index contributed by atoms with van der Waals surface area (Å²) in [7, 11) is 2.04. The van der Waals surface area contributed by atoms with Crippen LogP contribution in [0.1, 0.15) is 29.7 Å². The van der Waals surface area contributed by atoms with Gasteiger partial charge in [-0.25, -0.2) is 0 Å². The highest BCUT2D eigenvalue weighted by atomic mass is 16.6. The van der Waals surface area contributed by atoms with Crippen LogP contribution in [-0.2, 0) is 11.3 Å². The van der Waals surface area contributed by atoms with Crippen molar-refractivity contribution in [2.75, 3.05) is 20.3 Å². The molecule has 0 saturated carbocycles. The lowest BCUT2D eigenvalue weighted by Crippen LogP contribution is -3.12. The zero-order valence-electron chi connectivity index (χ0n) is 18.0. The van der Waals surface area contributed by atoms with Gasteiger partial charge in [0.2, 0.25) is 0 Å². The molecule has 2 N–H and O–H groups in total. The standard InChI is InChI=1S/C26H28N2O3/c1-19(28(2)18-20-13-14-23-24(17-20)31-16-15-30-23)26(29)27-25(21-9-5-3-6-10-21)22-11-7-4-8-12-22/h3-14,17,19,25H,15-16,18H2,1-2H3,(H,27,29)/p+1/t19-/m0/s1. The van der Waals surface area contributed by atoms with Crippen molar-refractivity contribution in [1.29, 1.82) is 0 Å². The van der Waals surface area contributed by atoms with Gasteiger partial charge >= 0.3 is 0 Å². The number of quaternary nitrogens is 1. The fourth-order valence-corrected chi connectivity index (χ4v) is 3.81. The van der Waals surface area contributed by atoms with E-state index in [2.05, 4.69) is 5.32 Å². The lowest BCUT2D eigenvalue weighted by atomic mass is 9.98. The smallest absolute Gasteiger partial charge is 0.278 e. The number of ether oxygens (including phenoxy) is 2. The molecule has 1 aliphatic heterocycles. The largest absolute Gasteiger partial charge is 0.486 e. The van der Waals surface area contributed by atoms with Crippen LogP contribution in [0.25, 0.3) is 0 Å². The second-order valence-corrected chi connectivity index (χ2v) is 7.99. The van der Waals surface area contributed by atoms with E-state index in [0.717, 1.165) is 33.1 Å². The molecular weight excluding hydrogens is 388 g/mol. The molecule has 0 aromatic heterocycles. The van der Waals surface area contributed by atoms with E-state index >= 15 is 0 Å². The molecule has 0 aliphatic carbocycles. The number of carbonyl (C=O) groups is 1. The van der Waals surface area contributed by atoms with Crippen LogP contribution < -0.4 is 19.7 Å². The second kappa shape index (κ2) is 9.67. The summed E-state index contributed by atoms with van der Waals surface area (Å²) in [6.07, 6.45) is 0. The highest BCUT2D eigenvalue weighted by Gasteiger charge is 2.26. The van der Waals surface area contributed by atoms with Gasteiger partial charge in [-0.3, -0.25) is 4.79 Å². The Bertz CT molecular complexity index is 968. The van der Waals surface area contributed by atoms with Crippen LogP contribution >= 0.6 is 0 Å². The number of hydrogen-bond acceptors (Lipinski definition) is 3. The number of carbonyl (C=O) groups excluding carboxylic acids is 1. The van der Waals surface area contributed by atoms with Crippen LogP contribution in [0.3, 0.4) is 0 Å². The van der Waals surface area contributed by atoms with Gasteiger partial charge in [0.15, 0.2) is 17.5 Å². The molecule has 1 amide bonds. The van der Waals surface area contributed by atoms with Gasteiger partial charge in [-0.1, -0.05) is 60.7 Å². The molecule has 0 bridgehead atoms. The van der Waals surface area contributed by atoms with Crippen molar-refractivity contribution in [3.05, 3.63) is 95.6 Å². The summed E-state index contributed by atoms with van der Waals surface area (Å²) in [5, 5.41) is 3.26. The molecule has 31 heavy (non-hydrogen) atoms. The van der Waals surface area contributed by atoms with E-state index in [0.29, 0.717) is 19.8 Å². The van der Waals surface area contributed by atoms with E-state index in [1.165, 1.54) is 0 Å². The van der Waals surface area contributed by atoms with Crippen LogP contribution in [0, 0.1) is 0 Å². The fraction of sp³-hybridized carbons (Fsp3) is 0.269. The summed E-state index contributed by atoms with van der Waals surface area (Å²) in [5.74, 6) is 1.58. The van der Waals surface area contributed by atoms with Crippen molar-refractivity contribution >= 4 is 5.91 Å². The van der Waals surface area contributed by atoms with Gasteiger partial charge < -0.3 is 19.7 Å². The minimum Gasteiger partial charge on any atom is -0.486 e. The molecule has 3 aromatic rings. The molecule has 1 aliphatic rings. The Kier molecular flexibility index (Phi) is 6.53. The molecule has 2 atom stereocenters. The van der Waals surface area contributed by atoms with Crippen molar-refractivity contribution < 1.29 is 19.2 Å². The van der Waals surface area contributed by atoms with Crippen molar-refractivity contribution in [3.63, 3.8) is 0 Å². The average Bonchev–Trinajstić information content (AvgIpc) is 2.83. The van der Waals surface area contributed by atoms with Crippen molar-refractivity contribution in [1.82, 2.24) is 5.32 Å². The molecule has 0 saturated heterocycles. The molecule has 160 valence electrons. The molecule has 5 heteroatoms. The average molecular weight is 418 g/mol. The molecular formula is C26H29N2O3+. The molecule has 3 aromatic carbocycles. The molecule has 5 nitrogen and oxygen atoms in total. The van der Waals surface area contributed by atoms with Gasteiger partial charge in [-0.15, -0.1) is 0 Å². The summed E-state index contributed by atoms with van der Waals surface area (Å²) >= 11 is 0. The van der Waals surface area contributed by atoms with E-state index in [9.17, 15) is 4.79 Å². The van der Waals surface area contributed by atoms with E-state index in [4.69, 9.17) is 9.47 Å². The Morgan fingerprint density at radius 3 is 2.10 bits per heavy atom. The maximum Gasteiger partial charge on any atom is 0.278 e. The number of nitrogens with one attached hydrogen (secondary N) is 2. The quantitative estimate of drug-likeness (QED) is 0.622. The monoisotopic (exact) mass is 417 g/mol. The van der Waals surface area contributed by atoms with E-state index < -0.39 is 0 Å². The van der Waals surface area contributed by atoms with Crippen molar-refractivity contribution in [2.24, 2.45) is 0 Å². The maximum absolute atomic E-state index is 13.2. The molecule has 4 rings (SSSR count). The SMILES string of the molecule is C[C@@H](C(=O)NC(c1ccccc1)c1ccccc1)[NH+](C)Cc1ccc2c(c1)OCCO2. The Morgan fingerprint density at radius 2 is 1.48 bits per heavy atom. The molecule has 0 spiro atoms. The third-order valence-electron chi connectivity index (χ3n) is 5.77. The summed E-state index contributed by atoms with van der Waals surface area (Å²) in [6, 6.07) is 25.8. The minimum absolute atomic E-state index is 0.0211. The van der Waals surface area contributed by atoms with E-state index in [1.807, 2.05) is 92.8 Å². The van der Waals surface area contributed by atoms with Crippen LogP contribution in [0.5, 0.6) is 11.5 Å². The van der Waals surface area contributed by atoms with Gasteiger partial charge in [-0.05, 0) is 36.2 Å². The topological polar surface area (TPSA) is 52.0 Å². The Hall–Kier alpha value is -3.31. The van der Waals surface area contributed by atoms with Crippen LogP contribution in [0.15, 0.2) is 78.9 Å². The highest BCUT2D eigenvalue weighted by molar-refractivity contribution is 5.80. The summed E-state index contributed by atoms with van der Waals surface area (Å²) in [5.41, 5.74) is 3.25. The molecule has 1 heterocycles. The Morgan fingerprint density at radius 1 is 0.903 bits per heavy atom. The Labute approximate surface area is 183 Å². The van der Waals surface area contributed by atoms with Gasteiger partial charge in [0.05, 0.1) is 13.1 Å². The zero-order valence-corrected chi connectivity index (χ0v) is 18.0. The van der Waals surface area contributed by atoms with Crippen molar-refractivity contribution in [3.8, 4) is 11.5 Å². The molecule has 0 radical (unpaired) electrons. The first-order valence-electron chi connectivity index (χ1n) is 10.7. The number of hydrogen-bond donors (Lipinski definition) is 2. The number of fused-ring (bicyclic) bond motifs is 1. The van der Waals surface area contributed by atoms with Gasteiger partial charge in [0, 0.05) is 5.56 Å². The first-order valence-corrected chi connectivity index (χ1v) is 10.7.